The standard InChI is InChI=1S/C19H22Cl2N4/c20-16-8-14(18(21)22-10-16)11-25-7-6-17-15(12-25)9-23-19(24-17)13-4-2-1-3-5-13/h8-10,13H,1-7,11-12H2. The zero-order chi connectivity index (χ0) is 17.2. The second-order valence-electron chi connectivity index (χ2n) is 7.10. The highest BCUT2D eigenvalue weighted by atomic mass is 35.5. The molecular formula is C19H22Cl2N4. The second-order valence-corrected chi connectivity index (χ2v) is 7.89. The maximum absolute atomic E-state index is 6.20. The summed E-state index contributed by atoms with van der Waals surface area (Å²) >= 11 is 12.2. The van der Waals surface area contributed by atoms with Crippen LogP contribution in [0.25, 0.3) is 0 Å². The van der Waals surface area contributed by atoms with Crippen molar-refractivity contribution in [1.29, 1.82) is 0 Å². The molecule has 1 fully saturated rings. The first-order valence-corrected chi connectivity index (χ1v) is 9.81. The molecule has 1 aliphatic carbocycles. The number of halogens is 2. The van der Waals surface area contributed by atoms with Gasteiger partial charge in [-0.2, -0.15) is 0 Å². The van der Waals surface area contributed by atoms with Crippen molar-refractivity contribution in [3.8, 4) is 0 Å². The quantitative estimate of drug-likeness (QED) is 0.722. The zero-order valence-electron chi connectivity index (χ0n) is 14.2. The summed E-state index contributed by atoms with van der Waals surface area (Å²) < 4.78 is 0. The van der Waals surface area contributed by atoms with Crippen LogP contribution in [0.5, 0.6) is 0 Å². The molecule has 4 nitrogen and oxygen atoms in total. The fraction of sp³-hybridized carbons (Fsp3) is 0.526. The van der Waals surface area contributed by atoms with Crippen LogP contribution < -0.4 is 0 Å². The van der Waals surface area contributed by atoms with Crippen LogP contribution in [0.4, 0.5) is 0 Å². The van der Waals surface area contributed by atoms with Crippen molar-refractivity contribution in [2.75, 3.05) is 6.54 Å². The molecule has 0 saturated heterocycles. The molecule has 1 saturated carbocycles. The normalized spacial score (nSPS) is 19.0. The Kier molecular flexibility index (Phi) is 5.20. The lowest BCUT2D eigenvalue weighted by Crippen LogP contribution is -2.31. The molecule has 2 aliphatic rings. The third-order valence-electron chi connectivity index (χ3n) is 5.27. The maximum Gasteiger partial charge on any atom is 0.133 e. The Morgan fingerprint density at radius 3 is 2.76 bits per heavy atom. The molecule has 0 atom stereocenters. The van der Waals surface area contributed by atoms with E-state index in [9.17, 15) is 0 Å². The highest BCUT2D eigenvalue weighted by Gasteiger charge is 2.23. The van der Waals surface area contributed by atoms with Gasteiger partial charge in [-0.15, -0.1) is 0 Å². The van der Waals surface area contributed by atoms with Crippen LogP contribution in [0.15, 0.2) is 18.5 Å². The third-order valence-corrected chi connectivity index (χ3v) is 5.82. The van der Waals surface area contributed by atoms with E-state index in [1.807, 2.05) is 12.3 Å². The Morgan fingerprint density at radius 1 is 1.08 bits per heavy atom. The Hall–Kier alpha value is -1.23. The summed E-state index contributed by atoms with van der Waals surface area (Å²) in [5.74, 6) is 1.63. The average Bonchev–Trinajstić information content (AvgIpc) is 2.65. The summed E-state index contributed by atoms with van der Waals surface area (Å²) in [6, 6.07) is 1.90. The van der Waals surface area contributed by atoms with E-state index in [2.05, 4.69) is 9.88 Å². The Labute approximate surface area is 158 Å². The zero-order valence-corrected chi connectivity index (χ0v) is 15.7. The molecule has 25 heavy (non-hydrogen) atoms. The first kappa shape index (κ1) is 17.2. The summed E-state index contributed by atoms with van der Waals surface area (Å²) in [5, 5.41) is 1.15. The first-order valence-electron chi connectivity index (χ1n) is 9.06. The molecule has 2 aromatic rings. The van der Waals surface area contributed by atoms with Gasteiger partial charge in [-0.1, -0.05) is 42.5 Å². The molecule has 3 heterocycles. The predicted molar refractivity (Wildman–Crippen MR) is 99.9 cm³/mol. The lowest BCUT2D eigenvalue weighted by Gasteiger charge is -2.29. The SMILES string of the molecule is Clc1cnc(Cl)c(CN2CCc3nc(C4CCCCC4)ncc3C2)c1. The van der Waals surface area contributed by atoms with Gasteiger partial charge in [0.15, 0.2) is 0 Å². The second kappa shape index (κ2) is 7.56. The van der Waals surface area contributed by atoms with E-state index in [-0.39, 0.29) is 0 Å². The van der Waals surface area contributed by atoms with E-state index in [4.69, 9.17) is 33.2 Å². The van der Waals surface area contributed by atoms with Gasteiger partial charge in [0.1, 0.15) is 11.0 Å². The topological polar surface area (TPSA) is 41.9 Å². The van der Waals surface area contributed by atoms with Crippen molar-refractivity contribution in [2.45, 2.75) is 57.5 Å². The van der Waals surface area contributed by atoms with Crippen LogP contribution >= 0.6 is 23.2 Å². The molecule has 1 aliphatic heterocycles. The molecule has 132 valence electrons. The molecule has 0 aromatic carbocycles. The minimum Gasteiger partial charge on any atom is -0.294 e. The number of hydrogen-bond acceptors (Lipinski definition) is 4. The average molecular weight is 377 g/mol. The number of rotatable bonds is 3. The van der Waals surface area contributed by atoms with Gasteiger partial charge in [-0.3, -0.25) is 4.90 Å². The van der Waals surface area contributed by atoms with Gasteiger partial charge in [0.2, 0.25) is 0 Å². The fourth-order valence-corrected chi connectivity index (χ4v) is 4.24. The monoisotopic (exact) mass is 376 g/mol. The Morgan fingerprint density at radius 2 is 1.92 bits per heavy atom. The highest BCUT2D eigenvalue weighted by Crippen LogP contribution is 2.31. The molecule has 6 heteroatoms. The van der Waals surface area contributed by atoms with Crippen LogP contribution in [-0.4, -0.2) is 26.4 Å². The third kappa shape index (κ3) is 3.97. The molecule has 0 spiro atoms. The van der Waals surface area contributed by atoms with Crippen molar-refractivity contribution in [2.24, 2.45) is 0 Å². The molecule has 0 unspecified atom stereocenters. The maximum atomic E-state index is 6.20. The van der Waals surface area contributed by atoms with Gasteiger partial charge in [-0.25, -0.2) is 15.0 Å². The van der Waals surface area contributed by atoms with E-state index in [1.165, 1.54) is 43.4 Å². The summed E-state index contributed by atoms with van der Waals surface area (Å²) in [4.78, 5) is 16.1. The first-order chi connectivity index (χ1) is 12.2. The van der Waals surface area contributed by atoms with Crippen molar-refractivity contribution in [3.63, 3.8) is 0 Å². The summed E-state index contributed by atoms with van der Waals surface area (Å²) in [6.45, 7) is 2.57. The van der Waals surface area contributed by atoms with E-state index in [0.717, 1.165) is 37.4 Å². The number of hydrogen-bond donors (Lipinski definition) is 0. The highest BCUT2D eigenvalue weighted by molar-refractivity contribution is 6.32. The molecular weight excluding hydrogens is 355 g/mol. The smallest absolute Gasteiger partial charge is 0.133 e. The molecule has 4 rings (SSSR count). The fourth-order valence-electron chi connectivity index (χ4n) is 3.90. The van der Waals surface area contributed by atoms with E-state index in [1.54, 1.807) is 6.20 Å². The van der Waals surface area contributed by atoms with Crippen LogP contribution in [-0.2, 0) is 19.5 Å². The van der Waals surface area contributed by atoms with Gasteiger partial charge < -0.3 is 0 Å². The van der Waals surface area contributed by atoms with Gasteiger partial charge in [-0.05, 0) is 18.9 Å². The Bertz CT molecular complexity index is 759. The molecule has 0 amide bonds. The lowest BCUT2D eigenvalue weighted by molar-refractivity contribution is 0.242. The van der Waals surface area contributed by atoms with E-state index < -0.39 is 0 Å². The number of aromatic nitrogens is 3. The van der Waals surface area contributed by atoms with Crippen LogP contribution in [0.2, 0.25) is 10.2 Å². The van der Waals surface area contributed by atoms with Crippen LogP contribution in [0.3, 0.4) is 0 Å². The molecule has 0 radical (unpaired) electrons. The summed E-state index contributed by atoms with van der Waals surface area (Å²) in [6.07, 6.45) is 11.0. The molecule has 0 bridgehead atoms. The number of pyridine rings is 1. The minimum absolute atomic E-state index is 0.527. The van der Waals surface area contributed by atoms with Gasteiger partial charge in [0.25, 0.3) is 0 Å². The lowest BCUT2D eigenvalue weighted by atomic mass is 9.88. The molecule has 2 aromatic heterocycles. The van der Waals surface area contributed by atoms with Crippen molar-refractivity contribution >= 4 is 23.2 Å². The van der Waals surface area contributed by atoms with Gasteiger partial charge >= 0.3 is 0 Å². The van der Waals surface area contributed by atoms with Gasteiger partial charge in [0, 0.05) is 61.2 Å². The number of fused-ring (bicyclic) bond motifs is 1. The predicted octanol–water partition coefficient (Wildman–Crippen LogP) is 4.78. The van der Waals surface area contributed by atoms with Crippen LogP contribution in [0.1, 0.15) is 60.7 Å². The minimum atomic E-state index is 0.527. The van der Waals surface area contributed by atoms with E-state index in [0.29, 0.717) is 16.1 Å². The Balaban J connectivity index is 1.47. The van der Waals surface area contributed by atoms with Crippen molar-refractivity contribution in [3.05, 3.63) is 51.3 Å². The van der Waals surface area contributed by atoms with E-state index >= 15 is 0 Å². The van der Waals surface area contributed by atoms with Crippen molar-refractivity contribution in [1.82, 2.24) is 19.9 Å². The largest absolute Gasteiger partial charge is 0.294 e. The van der Waals surface area contributed by atoms with Crippen LogP contribution in [0, 0.1) is 0 Å². The number of nitrogens with zero attached hydrogens (tertiary/aromatic N) is 4. The summed E-state index contributed by atoms with van der Waals surface area (Å²) in [7, 11) is 0. The molecule has 0 N–H and O–H groups in total. The summed E-state index contributed by atoms with van der Waals surface area (Å²) in [5.41, 5.74) is 3.43. The van der Waals surface area contributed by atoms with Crippen molar-refractivity contribution < 1.29 is 0 Å². The van der Waals surface area contributed by atoms with Gasteiger partial charge in [0.05, 0.1) is 5.02 Å².